The molecule has 0 saturated heterocycles. The molecule has 0 atom stereocenters. The largest absolute Gasteiger partial charge is 0.317 e. The summed E-state index contributed by atoms with van der Waals surface area (Å²) >= 11 is 1.49. The van der Waals surface area contributed by atoms with Gasteiger partial charge in [0.2, 0.25) is 0 Å². The van der Waals surface area contributed by atoms with Crippen LogP contribution >= 0.6 is 11.3 Å². The number of carbonyl (C=O) groups is 1. The highest BCUT2D eigenvalue weighted by Gasteiger charge is 2.28. The summed E-state index contributed by atoms with van der Waals surface area (Å²) in [5, 5.41) is 0.932. The normalized spacial score (nSPS) is 14.4. The number of thiazole rings is 1. The van der Waals surface area contributed by atoms with Crippen LogP contribution in [0.2, 0.25) is 0 Å². The van der Waals surface area contributed by atoms with Crippen LogP contribution in [-0.2, 0) is 11.8 Å². The van der Waals surface area contributed by atoms with Gasteiger partial charge in [-0.05, 0) is 18.1 Å². The zero-order valence-corrected chi connectivity index (χ0v) is 12.8. The first-order valence-corrected chi connectivity index (χ1v) is 7.64. The SMILES string of the molecule is CC(C)(C)c1nc(N2CCc3ccccc32)sc1C=O. The van der Waals surface area contributed by atoms with Gasteiger partial charge in [-0.15, -0.1) is 0 Å². The molecule has 3 rings (SSSR count). The summed E-state index contributed by atoms with van der Waals surface area (Å²) in [5.41, 5.74) is 3.37. The molecule has 4 heteroatoms. The number of rotatable bonds is 2. The van der Waals surface area contributed by atoms with Crippen molar-refractivity contribution in [3.05, 3.63) is 40.4 Å². The van der Waals surface area contributed by atoms with Crippen molar-refractivity contribution >= 4 is 28.4 Å². The van der Waals surface area contributed by atoms with Crippen LogP contribution in [0, 0.1) is 0 Å². The number of hydrogen-bond acceptors (Lipinski definition) is 4. The van der Waals surface area contributed by atoms with E-state index in [0.717, 1.165) is 35.0 Å². The summed E-state index contributed by atoms with van der Waals surface area (Å²) in [6.45, 7) is 7.22. The lowest BCUT2D eigenvalue weighted by molar-refractivity contribution is 0.112. The number of fused-ring (bicyclic) bond motifs is 1. The predicted octanol–water partition coefficient (Wildman–Crippen LogP) is 3.95. The van der Waals surface area contributed by atoms with Crippen LogP contribution in [0.15, 0.2) is 24.3 Å². The van der Waals surface area contributed by atoms with Crippen LogP contribution in [0.5, 0.6) is 0 Å². The minimum atomic E-state index is -0.107. The van der Waals surface area contributed by atoms with Crippen LogP contribution in [0.3, 0.4) is 0 Å². The van der Waals surface area contributed by atoms with E-state index >= 15 is 0 Å². The fourth-order valence-electron chi connectivity index (χ4n) is 2.59. The molecular formula is C16H18N2OS. The number of anilines is 2. The first-order chi connectivity index (χ1) is 9.50. The molecule has 1 aromatic heterocycles. The summed E-state index contributed by atoms with van der Waals surface area (Å²) in [4.78, 5) is 19.0. The summed E-state index contributed by atoms with van der Waals surface area (Å²) in [7, 11) is 0. The Morgan fingerprint density at radius 3 is 2.70 bits per heavy atom. The van der Waals surface area contributed by atoms with Gasteiger partial charge in [-0.2, -0.15) is 0 Å². The first-order valence-electron chi connectivity index (χ1n) is 6.82. The van der Waals surface area contributed by atoms with Gasteiger partial charge in [-0.3, -0.25) is 4.79 Å². The van der Waals surface area contributed by atoms with Crippen molar-refractivity contribution in [2.45, 2.75) is 32.6 Å². The Bertz CT molecular complexity index is 655. The van der Waals surface area contributed by atoms with Crippen LogP contribution < -0.4 is 4.90 Å². The second-order valence-electron chi connectivity index (χ2n) is 6.11. The fraction of sp³-hybridized carbons (Fsp3) is 0.375. The number of hydrogen-bond donors (Lipinski definition) is 0. The third-order valence-corrected chi connectivity index (χ3v) is 4.58. The first kappa shape index (κ1) is 13.3. The molecular weight excluding hydrogens is 268 g/mol. The third kappa shape index (κ3) is 2.14. The van der Waals surface area contributed by atoms with Gasteiger partial charge in [0.15, 0.2) is 11.4 Å². The number of aromatic nitrogens is 1. The molecule has 3 nitrogen and oxygen atoms in total. The number of para-hydroxylation sites is 1. The van der Waals surface area contributed by atoms with E-state index < -0.39 is 0 Å². The average molecular weight is 286 g/mol. The summed E-state index contributed by atoms with van der Waals surface area (Å²) in [6.07, 6.45) is 1.97. The number of aldehydes is 1. The van der Waals surface area contributed by atoms with E-state index in [1.807, 2.05) is 0 Å². The maximum Gasteiger partial charge on any atom is 0.190 e. The molecule has 104 valence electrons. The molecule has 1 aliphatic heterocycles. The van der Waals surface area contributed by atoms with Gasteiger partial charge >= 0.3 is 0 Å². The van der Waals surface area contributed by atoms with Crippen LogP contribution in [0.25, 0.3) is 0 Å². The molecule has 2 heterocycles. The van der Waals surface area contributed by atoms with Crippen LogP contribution in [0.4, 0.5) is 10.8 Å². The Labute approximate surface area is 123 Å². The minimum Gasteiger partial charge on any atom is -0.317 e. The van der Waals surface area contributed by atoms with Crippen molar-refractivity contribution in [1.29, 1.82) is 0 Å². The van der Waals surface area contributed by atoms with E-state index in [4.69, 9.17) is 4.98 Å². The molecule has 0 spiro atoms. The highest BCUT2D eigenvalue weighted by Crippen LogP contribution is 2.39. The molecule has 0 aliphatic carbocycles. The molecule has 0 fully saturated rings. The van der Waals surface area contributed by atoms with Gasteiger partial charge in [-0.25, -0.2) is 4.98 Å². The molecule has 20 heavy (non-hydrogen) atoms. The minimum absolute atomic E-state index is 0.107. The topological polar surface area (TPSA) is 33.2 Å². The van der Waals surface area contributed by atoms with E-state index in [1.165, 1.54) is 22.6 Å². The smallest absolute Gasteiger partial charge is 0.190 e. The Balaban J connectivity index is 2.05. The highest BCUT2D eigenvalue weighted by molar-refractivity contribution is 7.17. The molecule has 1 aromatic carbocycles. The molecule has 0 saturated carbocycles. The Morgan fingerprint density at radius 1 is 1.30 bits per heavy atom. The molecule has 0 bridgehead atoms. The molecule has 0 amide bonds. The lowest BCUT2D eigenvalue weighted by atomic mass is 9.91. The number of carbonyl (C=O) groups excluding carboxylic acids is 1. The second kappa shape index (κ2) is 4.70. The molecule has 0 radical (unpaired) electrons. The van der Waals surface area contributed by atoms with E-state index in [2.05, 4.69) is 49.9 Å². The predicted molar refractivity (Wildman–Crippen MR) is 83.4 cm³/mol. The van der Waals surface area contributed by atoms with Crippen molar-refractivity contribution in [1.82, 2.24) is 4.98 Å². The number of benzene rings is 1. The standard InChI is InChI=1S/C16H18N2OS/c1-16(2,3)14-13(10-19)20-15(17-14)18-9-8-11-6-4-5-7-12(11)18/h4-7,10H,8-9H2,1-3H3. The summed E-state index contributed by atoms with van der Waals surface area (Å²) < 4.78 is 0. The van der Waals surface area contributed by atoms with E-state index in [9.17, 15) is 4.79 Å². The van der Waals surface area contributed by atoms with Crippen molar-refractivity contribution in [3.63, 3.8) is 0 Å². The van der Waals surface area contributed by atoms with Gasteiger partial charge in [-0.1, -0.05) is 50.3 Å². The van der Waals surface area contributed by atoms with Crippen molar-refractivity contribution in [2.24, 2.45) is 0 Å². The maximum absolute atomic E-state index is 11.3. The quantitative estimate of drug-likeness (QED) is 0.784. The van der Waals surface area contributed by atoms with Gasteiger partial charge in [0.1, 0.15) is 0 Å². The Kier molecular flexibility index (Phi) is 3.13. The van der Waals surface area contributed by atoms with Gasteiger partial charge in [0.05, 0.1) is 10.6 Å². The number of nitrogens with zero attached hydrogens (tertiary/aromatic N) is 2. The van der Waals surface area contributed by atoms with E-state index in [-0.39, 0.29) is 5.41 Å². The van der Waals surface area contributed by atoms with Crippen molar-refractivity contribution in [2.75, 3.05) is 11.4 Å². The zero-order chi connectivity index (χ0) is 14.3. The lowest BCUT2D eigenvalue weighted by Crippen LogP contribution is -2.16. The van der Waals surface area contributed by atoms with Gasteiger partial charge in [0, 0.05) is 17.6 Å². The van der Waals surface area contributed by atoms with Crippen LogP contribution in [0.1, 0.15) is 41.7 Å². The van der Waals surface area contributed by atoms with Gasteiger partial charge in [0.25, 0.3) is 0 Å². The second-order valence-corrected chi connectivity index (χ2v) is 7.12. The van der Waals surface area contributed by atoms with E-state index in [0.29, 0.717) is 0 Å². The van der Waals surface area contributed by atoms with Crippen LogP contribution in [-0.4, -0.2) is 17.8 Å². The van der Waals surface area contributed by atoms with Gasteiger partial charge < -0.3 is 4.90 Å². The third-order valence-electron chi connectivity index (χ3n) is 3.58. The average Bonchev–Trinajstić information content (AvgIpc) is 3.01. The Hall–Kier alpha value is -1.68. The molecule has 0 N–H and O–H groups in total. The summed E-state index contributed by atoms with van der Waals surface area (Å²) in [6, 6.07) is 8.41. The van der Waals surface area contributed by atoms with Crippen molar-refractivity contribution < 1.29 is 4.79 Å². The molecule has 1 aliphatic rings. The maximum atomic E-state index is 11.3. The Morgan fingerprint density at radius 2 is 2.05 bits per heavy atom. The molecule has 0 unspecified atom stereocenters. The van der Waals surface area contributed by atoms with E-state index in [1.54, 1.807) is 0 Å². The monoisotopic (exact) mass is 286 g/mol. The fourth-order valence-corrected chi connectivity index (χ4v) is 3.72. The highest BCUT2D eigenvalue weighted by atomic mass is 32.1. The zero-order valence-electron chi connectivity index (χ0n) is 12.0. The lowest BCUT2D eigenvalue weighted by Gasteiger charge is -2.17. The molecule has 2 aromatic rings. The summed E-state index contributed by atoms with van der Waals surface area (Å²) in [5.74, 6) is 0. The van der Waals surface area contributed by atoms with Crippen molar-refractivity contribution in [3.8, 4) is 0 Å².